The molecule has 3 heterocycles. The molecule has 2 aliphatic heterocycles. The van der Waals surface area contributed by atoms with Crippen LogP contribution in [0.5, 0.6) is 0 Å². The molecule has 1 saturated heterocycles. The van der Waals surface area contributed by atoms with Gasteiger partial charge in [0.15, 0.2) is 0 Å². The highest BCUT2D eigenvalue weighted by molar-refractivity contribution is 6.02. The number of aliphatic imine (C=N–C) groups is 1. The number of aromatic nitrogens is 1. The fourth-order valence-corrected chi connectivity index (χ4v) is 5.33. The van der Waals surface area contributed by atoms with Crippen molar-refractivity contribution in [1.29, 1.82) is 0 Å². The topological polar surface area (TPSA) is 69.8 Å². The first-order valence-electron chi connectivity index (χ1n) is 12.1. The third kappa shape index (κ3) is 4.43. The lowest BCUT2D eigenvalue weighted by atomic mass is 9.90. The third-order valence-electron chi connectivity index (χ3n) is 7.38. The Morgan fingerprint density at radius 3 is 2.65 bits per heavy atom. The quantitative estimate of drug-likeness (QED) is 0.661. The number of nitrogens with one attached hydrogen (secondary N) is 1. The lowest BCUT2D eigenvalue weighted by molar-refractivity contribution is -0.497. The molecule has 7 nitrogen and oxygen atoms in total. The van der Waals surface area contributed by atoms with Crippen molar-refractivity contribution in [2.45, 2.75) is 76.2 Å². The molecular formula is C25H32F2N5O2+. The van der Waals surface area contributed by atoms with Crippen LogP contribution in [0.25, 0.3) is 10.9 Å². The van der Waals surface area contributed by atoms with Gasteiger partial charge >= 0.3 is 12.0 Å². The first kappa shape index (κ1) is 23.2. The van der Waals surface area contributed by atoms with Gasteiger partial charge in [-0.1, -0.05) is 16.5 Å². The average Bonchev–Trinajstić information content (AvgIpc) is 2.83. The van der Waals surface area contributed by atoms with Crippen LogP contribution in [0.4, 0.5) is 14.6 Å². The number of ether oxygens (including phenoxy) is 1. The van der Waals surface area contributed by atoms with Crippen LogP contribution in [0, 0.1) is 11.8 Å². The molecule has 2 aromatic rings. The molecule has 0 radical (unpaired) electrons. The van der Waals surface area contributed by atoms with Gasteiger partial charge in [0.25, 0.3) is 0 Å². The minimum atomic E-state index is -2.53. The van der Waals surface area contributed by atoms with Crippen LogP contribution in [0.1, 0.15) is 50.2 Å². The van der Waals surface area contributed by atoms with E-state index in [1.54, 1.807) is 14.0 Å². The largest absolute Gasteiger partial charge is 0.378 e. The number of hydrogen-bond donors (Lipinski definition) is 1. The molecule has 5 rings (SSSR count). The SMILES string of the molecule is COC1CN(c2nc3ccc(C)cc3cc2C2=NC(C)[N+]2=O)CCC1NC1CCC(F)(F)CC1. The van der Waals surface area contributed by atoms with Crippen LogP contribution in [-0.2, 0) is 4.74 Å². The van der Waals surface area contributed by atoms with E-state index in [1.165, 1.54) is 0 Å². The highest BCUT2D eigenvalue weighted by Crippen LogP contribution is 2.34. The van der Waals surface area contributed by atoms with Crippen molar-refractivity contribution in [2.75, 3.05) is 25.1 Å². The van der Waals surface area contributed by atoms with Crippen LogP contribution in [-0.4, -0.2) is 66.1 Å². The van der Waals surface area contributed by atoms with E-state index in [4.69, 9.17) is 9.72 Å². The van der Waals surface area contributed by atoms with Gasteiger partial charge in [-0.15, -0.1) is 0 Å². The summed E-state index contributed by atoms with van der Waals surface area (Å²) in [5, 5.41) is 4.56. The number of anilines is 1. The third-order valence-corrected chi connectivity index (χ3v) is 7.38. The Morgan fingerprint density at radius 2 is 1.97 bits per heavy atom. The Bertz CT molecular complexity index is 1130. The van der Waals surface area contributed by atoms with Crippen molar-refractivity contribution >= 4 is 22.6 Å². The van der Waals surface area contributed by atoms with Crippen molar-refractivity contribution in [3.8, 4) is 0 Å². The lowest BCUT2D eigenvalue weighted by Crippen LogP contribution is -2.57. The standard InChI is InChI=1S/C25H32F2N5O2/c1-15-4-5-20-17(12-15)13-19(24-28-16(2)32(24)33)23(30-20)31-11-8-21(22(14-31)34-3)29-18-6-9-25(26,27)10-7-18/h4-5,12-13,16,18,21-22,29H,6-11,14H2,1-3H3/q+1. The molecule has 34 heavy (non-hydrogen) atoms. The Kier molecular flexibility index (Phi) is 6.10. The van der Waals surface area contributed by atoms with E-state index in [0.717, 1.165) is 45.6 Å². The summed E-state index contributed by atoms with van der Waals surface area (Å²) >= 11 is 0. The van der Waals surface area contributed by atoms with Crippen molar-refractivity contribution in [1.82, 2.24) is 10.3 Å². The Hall–Kier alpha value is -2.52. The zero-order valence-electron chi connectivity index (χ0n) is 19.9. The number of piperidine rings is 1. The fourth-order valence-electron chi connectivity index (χ4n) is 5.33. The monoisotopic (exact) mass is 472 g/mol. The summed E-state index contributed by atoms with van der Waals surface area (Å²) in [6, 6.07) is 8.28. The Morgan fingerprint density at radius 1 is 1.21 bits per heavy atom. The number of alkyl halides is 2. The maximum Gasteiger partial charge on any atom is 0.376 e. The van der Waals surface area contributed by atoms with Crippen molar-refractivity contribution in [2.24, 2.45) is 4.99 Å². The molecular weight excluding hydrogens is 440 g/mol. The molecule has 1 aromatic carbocycles. The van der Waals surface area contributed by atoms with Crippen LogP contribution in [0.3, 0.4) is 0 Å². The number of halogens is 2. The van der Waals surface area contributed by atoms with Crippen molar-refractivity contribution in [3.63, 3.8) is 0 Å². The molecule has 3 unspecified atom stereocenters. The van der Waals surface area contributed by atoms with Gasteiger partial charge in [0, 0.05) is 62.2 Å². The summed E-state index contributed by atoms with van der Waals surface area (Å²) in [6.07, 6.45) is 1.13. The van der Waals surface area contributed by atoms with Crippen LogP contribution in [0.15, 0.2) is 29.3 Å². The number of rotatable bonds is 5. The summed E-state index contributed by atoms with van der Waals surface area (Å²) in [5.74, 6) is -1.38. The fraction of sp³-hybridized carbons (Fsp3) is 0.600. The average molecular weight is 473 g/mol. The lowest BCUT2D eigenvalue weighted by Gasteiger charge is -2.41. The molecule has 1 aromatic heterocycles. The molecule has 9 heteroatoms. The number of hydrogen-bond acceptors (Lipinski definition) is 6. The first-order chi connectivity index (χ1) is 16.2. The van der Waals surface area contributed by atoms with Crippen molar-refractivity contribution < 1.29 is 18.3 Å². The van der Waals surface area contributed by atoms with Gasteiger partial charge in [-0.3, -0.25) is 0 Å². The maximum atomic E-state index is 13.6. The molecule has 2 fully saturated rings. The number of methoxy groups -OCH3 is 1. The van der Waals surface area contributed by atoms with Crippen LogP contribution < -0.4 is 10.2 Å². The number of amidine groups is 1. The highest BCUT2D eigenvalue weighted by Gasteiger charge is 2.44. The summed E-state index contributed by atoms with van der Waals surface area (Å²) in [4.78, 5) is 24.1. The van der Waals surface area contributed by atoms with Gasteiger partial charge in [-0.05, 0) is 49.4 Å². The predicted molar refractivity (Wildman–Crippen MR) is 128 cm³/mol. The molecule has 1 saturated carbocycles. The van der Waals surface area contributed by atoms with Gasteiger partial charge in [-0.2, -0.15) is 0 Å². The molecule has 1 aliphatic carbocycles. The second kappa shape index (κ2) is 8.92. The normalized spacial score (nSPS) is 27.6. The number of pyridine rings is 1. The minimum Gasteiger partial charge on any atom is -0.378 e. The molecule has 0 spiro atoms. The molecule has 182 valence electrons. The van der Waals surface area contributed by atoms with Crippen LogP contribution in [0.2, 0.25) is 0 Å². The summed E-state index contributed by atoms with van der Waals surface area (Å²) in [6.45, 7) is 5.12. The zero-order valence-corrected chi connectivity index (χ0v) is 19.9. The second-order valence-corrected chi connectivity index (χ2v) is 9.88. The van der Waals surface area contributed by atoms with E-state index in [-0.39, 0.29) is 37.2 Å². The van der Waals surface area contributed by atoms with E-state index in [2.05, 4.69) is 21.3 Å². The van der Waals surface area contributed by atoms with E-state index in [9.17, 15) is 13.7 Å². The second-order valence-electron chi connectivity index (χ2n) is 9.88. The van der Waals surface area contributed by atoms with Gasteiger partial charge in [0.1, 0.15) is 11.4 Å². The zero-order chi connectivity index (χ0) is 24.0. The summed E-state index contributed by atoms with van der Waals surface area (Å²) < 4.78 is 33.9. The number of fused-ring (bicyclic) bond motifs is 1. The Balaban J connectivity index is 1.39. The van der Waals surface area contributed by atoms with E-state index in [0.29, 0.717) is 25.2 Å². The van der Waals surface area contributed by atoms with E-state index < -0.39 is 5.92 Å². The number of nitrogens with zero attached hydrogens (tertiary/aromatic N) is 4. The Labute approximate surface area is 198 Å². The maximum absolute atomic E-state index is 13.6. The molecule has 1 N–H and O–H groups in total. The minimum absolute atomic E-state index is 0.0583. The first-order valence-corrected chi connectivity index (χ1v) is 12.1. The van der Waals surface area contributed by atoms with E-state index >= 15 is 0 Å². The molecule has 3 atom stereocenters. The van der Waals surface area contributed by atoms with E-state index in [1.807, 2.05) is 25.1 Å². The number of benzene rings is 1. The smallest absolute Gasteiger partial charge is 0.376 e. The number of aryl methyl sites for hydroxylation is 1. The number of nitroso groups, excluding NO2 is 1. The summed E-state index contributed by atoms with van der Waals surface area (Å²) in [7, 11) is 1.69. The molecule has 3 aliphatic rings. The van der Waals surface area contributed by atoms with Crippen molar-refractivity contribution in [3.05, 3.63) is 40.3 Å². The molecule has 0 bridgehead atoms. The summed E-state index contributed by atoms with van der Waals surface area (Å²) in [5.41, 5.74) is 2.73. The van der Waals surface area contributed by atoms with Crippen LogP contribution >= 0.6 is 0 Å². The van der Waals surface area contributed by atoms with Gasteiger partial charge < -0.3 is 15.0 Å². The van der Waals surface area contributed by atoms with Gasteiger partial charge in [0.05, 0.1) is 11.6 Å². The molecule has 0 amide bonds. The van der Waals surface area contributed by atoms with Gasteiger partial charge in [0.2, 0.25) is 5.92 Å². The van der Waals surface area contributed by atoms with Gasteiger partial charge in [-0.25, -0.2) is 13.8 Å². The highest BCUT2D eigenvalue weighted by atomic mass is 19.3. The predicted octanol–water partition coefficient (Wildman–Crippen LogP) is 4.19.